The molecule has 150 valence electrons. The van der Waals surface area contributed by atoms with Gasteiger partial charge in [0, 0.05) is 18.2 Å². The first-order valence-electron chi connectivity index (χ1n) is 9.93. The van der Waals surface area contributed by atoms with Crippen molar-refractivity contribution in [3.63, 3.8) is 0 Å². The van der Waals surface area contributed by atoms with Crippen LogP contribution in [0.15, 0.2) is 12.1 Å². The van der Waals surface area contributed by atoms with Crippen LogP contribution in [0.3, 0.4) is 0 Å². The van der Waals surface area contributed by atoms with Crippen LogP contribution in [0.2, 0.25) is 0 Å². The number of hydrogen-bond donors (Lipinski definition) is 1. The first kappa shape index (κ1) is 18.8. The van der Waals surface area contributed by atoms with Gasteiger partial charge in [0.2, 0.25) is 0 Å². The number of nitro benzene ring substituents is 2. The van der Waals surface area contributed by atoms with Gasteiger partial charge in [-0.15, -0.1) is 0 Å². The van der Waals surface area contributed by atoms with Gasteiger partial charge < -0.3 is 5.32 Å². The molecule has 4 aliphatic carbocycles. The van der Waals surface area contributed by atoms with E-state index in [-0.39, 0.29) is 22.6 Å². The van der Waals surface area contributed by atoms with Crippen molar-refractivity contribution in [2.75, 3.05) is 0 Å². The second kappa shape index (κ2) is 6.53. The van der Waals surface area contributed by atoms with E-state index in [2.05, 4.69) is 5.32 Å². The van der Waals surface area contributed by atoms with Crippen molar-refractivity contribution in [1.82, 2.24) is 5.32 Å². The summed E-state index contributed by atoms with van der Waals surface area (Å²) in [6, 6.07) is 2.22. The number of amides is 1. The highest BCUT2D eigenvalue weighted by Crippen LogP contribution is 2.61. The summed E-state index contributed by atoms with van der Waals surface area (Å²) in [4.78, 5) is 34.0. The molecule has 28 heavy (non-hydrogen) atoms. The Morgan fingerprint density at radius 3 is 1.86 bits per heavy atom. The molecule has 1 aromatic rings. The Morgan fingerprint density at radius 2 is 1.46 bits per heavy atom. The van der Waals surface area contributed by atoms with Gasteiger partial charge >= 0.3 is 0 Å². The number of rotatable bonds is 5. The van der Waals surface area contributed by atoms with Gasteiger partial charge in [-0.1, -0.05) is 0 Å². The van der Waals surface area contributed by atoms with E-state index in [9.17, 15) is 25.0 Å². The third-order valence-corrected chi connectivity index (χ3v) is 7.36. The fraction of sp³-hybridized carbons (Fsp3) is 0.650. The fourth-order valence-electron chi connectivity index (χ4n) is 6.34. The molecule has 1 atom stereocenters. The minimum absolute atomic E-state index is 0.0272. The standard InChI is InChI=1S/C20H25N3O5/c1-11-17(22(25)26)6-16(7-18(11)23(27)28)19(24)21-12(2)20-8-13-3-14(9-20)5-15(4-13)10-20/h6-7,12-15H,3-5,8-10H2,1-2H3,(H,21,24). The summed E-state index contributed by atoms with van der Waals surface area (Å²) < 4.78 is 0. The molecule has 1 unspecified atom stereocenters. The molecule has 8 heteroatoms. The van der Waals surface area contributed by atoms with E-state index in [0.29, 0.717) is 0 Å². The summed E-state index contributed by atoms with van der Waals surface area (Å²) in [5, 5.41) is 25.6. The summed E-state index contributed by atoms with van der Waals surface area (Å²) in [5.41, 5.74) is -0.780. The van der Waals surface area contributed by atoms with E-state index in [1.807, 2.05) is 6.92 Å². The molecular weight excluding hydrogens is 362 g/mol. The van der Waals surface area contributed by atoms with Crippen LogP contribution in [0.1, 0.15) is 61.4 Å². The lowest BCUT2D eigenvalue weighted by atomic mass is 9.48. The summed E-state index contributed by atoms with van der Waals surface area (Å²) in [5.74, 6) is 1.75. The smallest absolute Gasteiger partial charge is 0.279 e. The molecule has 0 saturated heterocycles. The molecule has 0 spiro atoms. The second-order valence-corrected chi connectivity index (χ2v) is 9.13. The zero-order valence-electron chi connectivity index (χ0n) is 16.1. The van der Waals surface area contributed by atoms with Crippen LogP contribution in [0, 0.1) is 50.3 Å². The van der Waals surface area contributed by atoms with Crippen molar-refractivity contribution in [3.05, 3.63) is 43.5 Å². The van der Waals surface area contributed by atoms with Crippen LogP contribution in [-0.2, 0) is 0 Å². The zero-order valence-corrected chi connectivity index (χ0v) is 16.1. The third-order valence-electron chi connectivity index (χ3n) is 7.36. The zero-order chi connectivity index (χ0) is 20.2. The minimum atomic E-state index is -0.679. The van der Waals surface area contributed by atoms with Gasteiger partial charge in [-0.3, -0.25) is 25.0 Å². The van der Waals surface area contributed by atoms with Crippen LogP contribution >= 0.6 is 0 Å². The van der Waals surface area contributed by atoms with E-state index in [1.165, 1.54) is 26.2 Å². The maximum atomic E-state index is 12.9. The highest BCUT2D eigenvalue weighted by atomic mass is 16.6. The highest BCUT2D eigenvalue weighted by molar-refractivity contribution is 5.96. The van der Waals surface area contributed by atoms with Crippen molar-refractivity contribution < 1.29 is 14.6 Å². The summed E-state index contributed by atoms with van der Waals surface area (Å²) in [6.07, 6.45) is 7.26. The molecule has 1 amide bonds. The van der Waals surface area contributed by atoms with Gasteiger partial charge in [0.15, 0.2) is 0 Å². The molecule has 4 fully saturated rings. The van der Waals surface area contributed by atoms with Gasteiger partial charge in [0.25, 0.3) is 17.3 Å². The Bertz CT molecular complexity index is 795. The number of nitrogens with one attached hydrogen (secondary N) is 1. The Labute approximate surface area is 163 Å². The number of hydrogen-bond acceptors (Lipinski definition) is 5. The molecule has 0 heterocycles. The largest absolute Gasteiger partial charge is 0.349 e. The lowest BCUT2D eigenvalue weighted by Gasteiger charge is -2.59. The molecule has 1 N–H and O–H groups in total. The van der Waals surface area contributed by atoms with Crippen LogP contribution in [0.25, 0.3) is 0 Å². The monoisotopic (exact) mass is 387 g/mol. The maximum Gasteiger partial charge on any atom is 0.279 e. The molecular formula is C20H25N3O5. The summed E-state index contributed by atoms with van der Waals surface area (Å²) >= 11 is 0. The molecule has 8 nitrogen and oxygen atoms in total. The number of benzene rings is 1. The van der Waals surface area contributed by atoms with Gasteiger partial charge in [0.1, 0.15) is 5.56 Å². The fourth-order valence-corrected chi connectivity index (χ4v) is 6.34. The molecule has 4 aliphatic rings. The molecule has 0 aliphatic heterocycles. The van der Waals surface area contributed by atoms with Crippen LogP contribution in [0.5, 0.6) is 0 Å². The molecule has 4 saturated carbocycles. The van der Waals surface area contributed by atoms with Crippen molar-refractivity contribution in [1.29, 1.82) is 0 Å². The van der Waals surface area contributed by atoms with Crippen LogP contribution in [-0.4, -0.2) is 21.8 Å². The lowest BCUT2D eigenvalue weighted by Crippen LogP contribution is -2.55. The van der Waals surface area contributed by atoms with Crippen molar-refractivity contribution in [2.45, 2.75) is 58.4 Å². The van der Waals surface area contributed by atoms with Gasteiger partial charge in [0.05, 0.1) is 15.4 Å². The quantitative estimate of drug-likeness (QED) is 0.602. The number of nitrogens with zero attached hydrogens (tertiary/aromatic N) is 2. The normalized spacial score (nSPS) is 31.4. The Morgan fingerprint density at radius 1 is 1.04 bits per heavy atom. The summed E-state index contributed by atoms with van der Waals surface area (Å²) in [6.45, 7) is 3.35. The topological polar surface area (TPSA) is 115 Å². The van der Waals surface area contributed by atoms with Gasteiger partial charge in [-0.05, 0) is 75.5 Å². The predicted octanol–water partition coefficient (Wildman–Crippen LogP) is 4.15. The van der Waals surface area contributed by atoms with E-state index >= 15 is 0 Å². The van der Waals surface area contributed by atoms with Crippen LogP contribution in [0.4, 0.5) is 11.4 Å². The Hall–Kier alpha value is -2.51. The molecule has 0 aromatic heterocycles. The predicted molar refractivity (Wildman–Crippen MR) is 102 cm³/mol. The van der Waals surface area contributed by atoms with E-state index < -0.39 is 27.1 Å². The first-order chi connectivity index (χ1) is 13.2. The average molecular weight is 387 g/mol. The van der Waals surface area contributed by atoms with Gasteiger partial charge in [-0.2, -0.15) is 0 Å². The minimum Gasteiger partial charge on any atom is -0.349 e. The third kappa shape index (κ3) is 3.04. The van der Waals surface area contributed by atoms with Gasteiger partial charge in [-0.25, -0.2) is 0 Å². The molecule has 0 radical (unpaired) electrons. The van der Waals surface area contributed by atoms with E-state index in [4.69, 9.17) is 0 Å². The second-order valence-electron chi connectivity index (χ2n) is 9.13. The van der Waals surface area contributed by atoms with Crippen molar-refractivity contribution >= 4 is 17.3 Å². The van der Waals surface area contributed by atoms with E-state index in [0.717, 1.165) is 49.1 Å². The van der Waals surface area contributed by atoms with Crippen molar-refractivity contribution in [2.24, 2.45) is 23.2 Å². The highest BCUT2D eigenvalue weighted by Gasteiger charge is 2.53. The summed E-state index contributed by atoms with van der Waals surface area (Å²) in [7, 11) is 0. The first-order valence-corrected chi connectivity index (χ1v) is 9.93. The van der Waals surface area contributed by atoms with E-state index in [1.54, 1.807) is 0 Å². The Kier molecular flexibility index (Phi) is 4.39. The average Bonchev–Trinajstić information content (AvgIpc) is 2.60. The molecule has 1 aromatic carbocycles. The van der Waals surface area contributed by atoms with Crippen molar-refractivity contribution in [3.8, 4) is 0 Å². The SMILES string of the molecule is Cc1c([N+](=O)[O-])cc(C(=O)NC(C)C23CC4CC(CC(C4)C2)C3)cc1[N+](=O)[O-]. The number of carbonyl (C=O) groups excluding carboxylic acids is 1. The molecule has 4 bridgehead atoms. The Balaban J connectivity index is 1.58. The van der Waals surface area contributed by atoms with Crippen LogP contribution < -0.4 is 5.32 Å². The number of nitro groups is 2. The lowest BCUT2D eigenvalue weighted by molar-refractivity contribution is -0.395. The molecule has 5 rings (SSSR count). The number of carbonyl (C=O) groups is 1. The maximum absolute atomic E-state index is 12.9.